The van der Waals surface area contributed by atoms with Crippen molar-refractivity contribution in [2.75, 3.05) is 32.7 Å². The summed E-state index contributed by atoms with van der Waals surface area (Å²) in [5, 5.41) is 10.2. The molecule has 0 spiro atoms. The number of nitrogens with one attached hydrogen (secondary N) is 2. The summed E-state index contributed by atoms with van der Waals surface area (Å²) in [7, 11) is 1.79. The minimum absolute atomic E-state index is 0.0219. The van der Waals surface area contributed by atoms with Crippen molar-refractivity contribution < 1.29 is 9.59 Å². The highest BCUT2D eigenvalue weighted by atomic mass is 16.2. The number of rotatable bonds is 5. The fourth-order valence-electron chi connectivity index (χ4n) is 4.06. The predicted molar refractivity (Wildman–Crippen MR) is 104 cm³/mol. The zero-order chi connectivity index (χ0) is 19.2. The van der Waals surface area contributed by atoms with Crippen LogP contribution < -0.4 is 10.6 Å². The van der Waals surface area contributed by atoms with E-state index in [1.807, 2.05) is 4.90 Å². The summed E-state index contributed by atoms with van der Waals surface area (Å²) in [5.74, 6) is -0.0945. The lowest BCUT2D eigenvalue weighted by atomic mass is 10.0. The van der Waals surface area contributed by atoms with Crippen molar-refractivity contribution >= 4 is 11.9 Å². The molecule has 0 aromatic carbocycles. The molecule has 1 aromatic heterocycles. The molecule has 27 heavy (non-hydrogen) atoms. The number of carbonyl (C=O) groups is 2. The molecule has 0 aliphatic carbocycles. The Morgan fingerprint density at radius 1 is 1.19 bits per heavy atom. The number of likely N-dealkylation sites (tertiary alicyclic amines) is 2. The molecule has 2 saturated heterocycles. The highest BCUT2D eigenvalue weighted by molar-refractivity contribution is 5.93. The molecular weight excluding hydrogens is 344 g/mol. The van der Waals surface area contributed by atoms with E-state index in [9.17, 15) is 9.59 Å². The van der Waals surface area contributed by atoms with Crippen LogP contribution in [0.2, 0.25) is 0 Å². The lowest BCUT2D eigenvalue weighted by Crippen LogP contribution is -2.52. The Balaban J connectivity index is 1.39. The van der Waals surface area contributed by atoms with E-state index in [1.54, 1.807) is 24.1 Å². The van der Waals surface area contributed by atoms with Gasteiger partial charge in [0.2, 0.25) is 0 Å². The molecular formula is C19H32N6O2. The molecule has 150 valence electrons. The number of nitrogens with zero attached hydrogens (tertiary/aromatic N) is 4. The Labute approximate surface area is 161 Å². The maximum absolute atomic E-state index is 12.5. The van der Waals surface area contributed by atoms with Gasteiger partial charge in [-0.05, 0) is 38.8 Å². The van der Waals surface area contributed by atoms with Crippen molar-refractivity contribution in [1.29, 1.82) is 0 Å². The van der Waals surface area contributed by atoms with Crippen molar-refractivity contribution in [3.63, 3.8) is 0 Å². The number of aryl methyl sites for hydroxylation is 1. The predicted octanol–water partition coefficient (Wildman–Crippen LogP) is 1.20. The van der Waals surface area contributed by atoms with Crippen molar-refractivity contribution in [2.24, 2.45) is 7.05 Å². The number of aromatic nitrogens is 2. The molecule has 2 aliphatic heterocycles. The van der Waals surface area contributed by atoms with Gasteiger partial charge in [0.05, 0.1) is 11.8 Å². The van der Waals surface area contributed by atoms with E-state index in [-0.39, 0.29) is 18.0 Å². The number of urea groups is 1. The van der Waals surface area contributed by atoms with Crippen LogP contribution in [-0.4, -0.2) is 76.3 Å². The van der Waals surface area contributed by atoms with Gasteiger partial charge in [-0.3, -0.25) is 14.4 Å². The van der Waals surface area contributed by atoms with Gasteiger partial charge in [0.25, 0.3) is 5.91 Å². The van der Waals surface area contributed by atoms with Gasteiger partial charge in [-0.1, -0.05) is 13.3 Å². The van der Waals surface area contributed by atoms with Crippen LogP contribution in [0, 0.1) is 0 Å². The second-order valence-corrected chi connectivity index (χ2v) is 7.60. The summed E-state index contributed by atoms with van der Waals surface area (Å²) < 4.78 is 1.62. The van der Waals surface area contributed by atoms with Gasteiger partial charge in [0, 0.05) is 45.0 Å². The van der Waals surface area contributed by atoms with E-state index in [2.05, 4.69) is 27.6 Å². The van der Waals surface area contributed by atoms with E-state index in [0.29, 0.717) is 24.7 Å². The first kappa shape index (κ1) is 19.7. The Kier molecular flexibility index (Phi) is 6.71. The van der Waals surface area contributed by atoms with Gasteiger partial charge >= 0.3 is 6.03 Å². The smallest absolute Gasteiger partial charge is 0.317 e. The molecule has 1 aromatic rings. The average Bonchev–Trinajstić information content (AvgIpc) is 3.13. The summed E-state index contributed by atoms with van der Waals surface area (Å²) in [5.41, 5.74) is 0.575. The van der Waals surface area contributed by atoms with Gasteiger partial charge < -0.3 is 15.5 Å². The normalized spacial score (nSPS) is 21.9. The highest BCUT2D eigenvalue weighted by Gasteiger charge is 2.26. The number of carbonyl (C=O) groups excluding carboxylic acids is 2. The van der Waals surface area contributed by atoms with Crippen LogP contribution in [0.15, 0.2) is 12.4 Å². The largest absolute Gasteiger partial charge is 0.349 e. The standard InChI is InChI=1S/C19H32N6O2/c1-3-24-9-5-4-6-17(24)13-20-19(27)25-10-7-16(8-11-25)22-18(26)15-12-21-23(2)14-15/h12,14,16-17H,3-11,13H2,1-2H3,(H,20,27)(H,22,26). The molecule has 3 amide bonds. The molecule has 0 bridgehead atoms. The lowest BCUT2D eigenvalue weighted by molar-refractivity contribution is 0.0917. The second-order valence-electron chi connectivity index (χ2n) is 7.60. The molecule has 1 unspecified atom stereocenters. The molecule has 2 fully saturated rings. The fraction of sp³-hybridized carbons (Fsp3) is 0.737. The first-order valence-corrected chi connectivity index (χ1v) is 10.1. The molecule has 0 radical (unpaired) electrons. The number of piperidine rings is 2. The van der Waals surface area contributed by atoms with Crippen molar-refractivity contribution in [3.05, 3.63) is 18.0 Å². The summed E-state index contributed by atoms with van der Waals surface area (Å²) in [4.78, 5) is 29.0. The van der Waals surface area contributed by atoms with Crippen LogP contribution in [-0.2, 0) is 7.05 Å². The minimum atomic E-state index is -0.0945. The van der Waals surface area contributed by atoms with Gasteiger partial charge in [0.1, 0.15) is 0 Å². The van der Waals surface area contributed by atoms with Crippen LogP contribution in [0.1, 0.15) is 49.4 Å². The molecule has 8 heteroatoms. The van der Waals surface area contributed by atoms with E-state index >= 15 is 0 Å². The highest BCUT2D eigenvalue weighted by Crippen LogP contribution is 2.16. The minimum Gasteiger partial charge on any atom is -0.349 e. The van der Waals surface area contributed by atoms with Gasteiger partial charge in [0.15, 0.2) is 0 Å². The lowest BCUT2D eigenvalue weighted by Gasteiger charge is -2.36. The summed E-state index contributed by atoms with van der Waals surface area (Å²) >= 11 is 0. The molecule has 3 rings (SSSR count). The summed E-state index contributed by atoms with van der Waals surface area (Å²) in [6.45, 7) is 6.44. The van der Waals surface area contributed by atoms with Crippen LogP contribution in [0.4, 0.5) is 4.79 Å². The van der Waals surface area contributed by atoms with E-state index in [4.69, 9.17) is 0 Å². The number of hydrogen-bond acceptors (Lipinski definition) is 4. The Bertz CT molecular complexity index is 638. The Hall–Kier alpha value is -2.09. The summed E-state index contributed by atoms with van der Waals surface area (Å²) in [6.07, 6.45) is 8.52. The fourth-order valence-corrected chi connectivity index (χ4v) is 4.06. The first-order valence-electron chi connectivity index (χ1n) is 10.1. The molecule has 2 N–H and O–H groups in total. The topological polar surface area (TPSA) is 82.5 Å². The SMILES string of the molecule is CCN1CCCCC1CNC(=O)N1CCC(NC(=O)c2cnn(C)c2)CC1. The maximum Gasteiger partial charge on any atom is 0.317 e. The number of likely N-dealkylation sites (N-methyl/N-ethyl adjacent to an activating group) is 1. The van der Waals surface area contributed by atoms with Crippen molar-refractivity contribution in [2.45, 2.75) is 51.1 Å². The third-order valence-corrected chi connectivity index (χ3v) is 5.73. The second kappa shape index (κ2) is 9.21. The van der Waals surface area contributed by atoms with Crippen LogP contribution in [0.5, 0.6) is 0 Å². The average molecular weight is 377 g/mol. The van der Waals surface area contributed by atoms with Crippen LogP contribution in [0.3, 0.4) is 0 Å². The number of hydrogen-bond donors (Lipinski definition) is 2. The third kappa shape index (κ3) is 5.22. The van der Waals surface area contributed by atoms with E-state index in [1.165, 1.54) is 12.8 Å². The quantitative estimate of drug-likeness (QED) is 0.809. The van der Waals surface area contributed by atoms with Crippen molar-refractivity contribution in [3.8, 4) is 0 Å². The van der Waals surface area contributed by atoms with Crippen LogP contribution >= 0.6 is 0 Å². The molecule has 2 aliphatic rings. The first-order chi connectivity index (χ1) is 13.1. The van der Waals surface area contributed by atoms with Crippen molar-refractivity contribution in [1.82, 2.24) is 30.2 Å². The Morgan fingerprint density at radius 3 is 2.63 bits per heavy atom. The molecule has 0 saturated carbocycles. The zero-order valence-corrected chi connectivity index (χ0v) is 16.5. The monoisotopic (exact) mass is 376 g/mol. The zero-order valence-electron chi connectivity index (χ0n) is 16.5. The third-order valence-electron chi connectivity index (χ3n) is 5.73. The molecule has 1 atom stereocenters. The van der Waals surface area contributed by atoms with Gasteiger partial charge in [-0.15, -0.1) is 0 Å². The van der Waals surface area contributed by atoms with Gasteiger partial charge in [-0.2, -0.15) is 5.10 Å². The summed E-state index contributed by atoms with van der Waals surface area (Å²) in [6, 6.07) is 0.591. The van der Waals surface area contributed by atoms with E-state index < -0.39 is 0 Å². The number of amides is 3. The molecule has 8 nitrogen and oxygen atoms in total. The Morgan fingerprint density at radius 2 is 1.96 bits per heavy atom. The van der Waals surface area contributed by atoms with E-state index in [0.717, 1.165) is 38.9 Å². The van der Waals surface area contributed by atoms with Crippen LogP contribution in [0.25, 0.3) is 0 Å². The van der Waals surface area contributed by atoms with Gasteiger partial charge in [-0.25, -0.2) is 4.79 Å². The maximum atomic E-state index is 12.5. The molecule has 3 heterocycles.